The number of aromatic nitrogens is 1. The highest BCUT2D eigenvalue weighted by molar-refractivity contribution is 5.75. The number of nitrogens with one attached hydrogen (secondary N) is 1. The van der Waals surface area contributed by atoms with Crippen LogP contribution >= 0.6 is 0 Å². The monoisotopic (exact) mass is 363 g/mol. The van der Waals surface area contributed by atoms with Crippen molar-refractivity contribution in [2.45, 2.75) is 25.8 Å². The van der Waals surface area contributed by atoms with E-state index in [4.69, 9.17) is 4.42 Å². The van der Waals surface area contributed by atoms with Crippen LogP contribution in [0.5, 0.6) is 0 Å². The summed E-state index contributed by atoms with van der Waals surface area (Å²) in [5, 5.41) is 2.96. The third-order valence-electron chi connectivity index (χ3n) is 4.35. The van der Waals surface area contributed by atoms with E-state index < -0.39 is 0 Å². The standard InChI is InChI=1S/C22H25N3O2/c1-25(2)19-13-11-17(12-14-19)15-23-21(26)9-6-10-22-24-16-20(27-22)18-7-4-3-5-8-18/h3-5,7-8,11-14,16H,6,9-10,15H2,1-2H3,(H,23,26). The summed E-state index contributed by atoms with van der Waals surface area (Å²) in [5.74, 6) is 1.47. The molecule has 0 saturated heterocycles. The third-order valence-corrected chi connectivity index (χ3v) is 4.35. The predicted octanol–water partition coefficient (Wildman–Crippen LogP) is 4.05. The lowest BCUT2D eigenvalue weighted by molar-refractivity contribution is -0.121. The minimum atomic E-state index is 0.0431. The second-order valence-corrected chi connectivity index (χ2v) is 6.68. The van der Waals surface area contributed by atoms with Gasteiger partial charge in [0, 0.05) is 44.7 Å². The quantitative estimate of drug-likeness (QED) is 0.656. The van der Waals surface area contributed by atoms with Gasteiger partial charge < -0.3 is 14.6 Å². The van der Waals surface area contributed by atoms with E-state index in [0.717, 1.165) is 22.6 Å². The second kappa shape index (κ2) is 9.03. The Labute approximate surface area is 160 Å². The molecule has 1 heterocycles. The molecule has 5 heteroatoms. The van der Waals surface area contributed by atoms with Crippen LogP contribution < -0.4 is 10.2 Å². The zero-order valence-corrected chi connectivity index (χ0v) is 15.8. The fraction of sp³-hybridized carbons (Fsp3) is 0.273. The first-order chi connectivity index (χ1) is 13.1. The van der Waals surface area contributed by atoms with Crippen LogP contribution in [-0.2, 0) is 17.8 Å². The lowest BCUT2D eigenvalue weighted by atomic mass is 10.2. The van der Waals surface area contributed by atoms with E-state index in [2.05, 4.69) is 10.3 Å². The largest absolute Gasteiger partial charge is 0.441 e. The summed E-state index contributed by atoms with van der Waals surface area (Å²) in [6, 6.07) is 18.1. The molecule has 0 spiro atoms. The Morgan fingerprint density at radius 3 is 2.52 bits per heavy atom. The van der Waals surface area contributed by atoms with Crippen LogP contribution in [0.1, 0.15) is 24.3 Å². The van der Waals surface area contributed by atoms with Gasteiger partial charge in [-0.25, -0.2) is 4.98 Å². The van der Waals surface area contributed by atoms with E-state index >= 15 is 0 Å². The molecule has 3 aromatic rings. The number of hydrogen-bond donors (Lipinski definition) is 1. The third kappa shape index (κ3) is 5.45. The normalized spacial score (nSPS) is 10.6. The van der Waals surface area contributed by atoms with Gasteiger partial charge in [-0.05, 0) is 24.1 Å². The number of carbonyl (C=O) groups is 1. The SMILES string of the molecule is CN(C)c1ccc(CNC(=O)CCCc2ncc(-c3ccccc3)o2)cc1. The minimum Gasteiger partial charge on any atom is -0.441 e. The minimum absolute atomic E-state index is 0.0431. The summed E-state index contributed by atoms with van der Waals surface area (Å²) in [5.41, 5.74) is 3.24. The zero-order valence-electron chi connectivity index (χ0n) is 15.8. The van der Waals surface area contributed by atoms with Crippen molar-refractivity contribution in [2.75, 3.05) is 19.0 Å². The maximum Gasteiger partial charge on any atom is 0.220 e. The van der Waals surface area contributed by atoms with E-state index in [0.29, 0.717) is 31.7 Å². The summed E-state index contributed by atoms with van der Waals surface area (Å²) >= 11 is 0. The number of carbonyl (C=O) groups excluding carboxylic acids is 1. The smallest absolute Gasteiger partial charge is 0.220 e. The van der Waals surface area contributed by atoms with Gasteiger partial charge in [-0.2, -0.15) is 0 Å². The highest BCUT2D eigenvalue weighted by Crippen LogP contribution is 2.20. The lowest BCUT2D eigenvalue weighted by Crippen LogP contribution is -2.22. The van der Waals surface area contributed by atoms with Crippen LogP contribution in [0, 0.1) is 0 Å². The van der Waals surface area contributed by atoms with Gasteiger partial charge in [0.05, 0.1) is 6.20 Å². The number of rotatable bonds is 8. The highest BCUT2D eigenvalue weighted by atomic mass is 16.4. The Kier molecular flexibility index (Phi) is 6.26. The average molecular weight is 363 g/mol. The molecule has 1 N–H and O–H groups in total. The highest BCUT2D eigenvalue weighted by Gasteiger charge is 2.08. The van der Waals surface area contributed by atoms with Crippen LogP contribution in [0.3, 0.4) is 0 Å². The van der Waals surface area contributed by atoms with Crippen LogP contribution in [0.25, 0.3) is 11.3 Å². The molecule has 0 atom stereocenters. The maximum absolute atomic E-state index is 12.0. The summed E-state index contributed by atoms with van der Waals surface area (Å²) in [6.07, 6.45) is 3.55. The molecular weight excluding hydrogens is 338 g/mol. The van der Waals surface area contributed by atoms with E-state index in [1.807, 2.05) is 73.6 Å². The lowest BCUT2D eigenvalue weighted by Gasteiger charge is -2.12. The molecule has 2 aromatic carbocycles. The zero-order chi connectivity index (χ0) is 19.1. The van der Waals surface area contributed by atoms with Crippen molar-refractivity contribution in [3.05, 3.63) is 72.2 Å². The van der Waals surface area contributed by atoms with E-state index in [1.165, 1.54) is 0 Å². The number of amides is 1. The van der Waals surface area contributed by atoms with Crippen molar-refractivity contribution in [1.29, 1.82) is 0 Å². The summed E-state index contributed by atoms with van der Waals surface area (Å²) in [6.45, 7) is 0.545. The first-order valence-corrected chi connectivity index (χ1v) is 9.15. The molecule has 0 aliphatic carbocycles. The van der Waals surface area contributed by atoms with E-state index in [-0.39, 0.29) is 5.91 Å². The molecule has 0 unspecified atom stereocenters. The van der Waals surface area contributed by atoms with Crippen molar-refractivity contribution in [1.82, 2.24) is 10.3 Å². The molecule has 1 amide bonds. The van der Waals surface area contributed by atoms with E-state index in [1.54, 1.807) is 6.20 Å². The maximum atomic E-state index is 12.0. The van der Waals surface area contributed by atoms with Crippen molar-refractivity contribution in [2.24, 2.45) is 0 Å². The van der Waals surface area contributed by atoms with Gasteiger partial charge >= 0.3 is 0 Å². The van der Waals surface area contributed by atoms with Crippen molar-refractivity contribution >= 4 is 11.6 Å². The molecule has 140 valence electrons. The second-order valence-electron chi connectivity index (χ2n) is 6.68. The van der Waals surface area contributed by atoms with Crippen LogP contribution in [-0.4, -0.2) is 25.0 Å². The number of benzene rings is 2. The average Bonchev–Trinajstić information content (AvgIpc) is 3.16. The molecule has 0 saturated carbocycles. The Morgan fingerprint density at radius 2 is 1.81 bits per heavy atom. The molecule has 3 rings (SSSR count). The Balaban J connectivity index is 1.40. The fourth-order valence-corrected chi connectivity index (χ4v) is 2.76. The summed E-state index contributed by atoms with van der Waals surface area (Å²) < 4.78 is 5.76. The van der Waals surface area contributed by atoms with Crippen LogP contribution in [0.2, 0.25) is 0 Å². The Bertz CT molecular complexity index is 855. The number of anilines is 1. The summed E-state index contributed by atoms with van der Waals surface area (Å²) in [7, 11) is 4.01. The van der Waals surface area contributed by atoms with Gasteiger partial charge in [0.15, 0.2) is 11.7 Å². The van der Waals surface area contributed by atoms with Gasteiger partial charge in [0.25, 0.3) is 0 Å². The molecule has 0 bridgehead atoms. The van der Waals surface area contributed by atoms with Crippen LogP contribution in [0.15, 0.2) is 65.2 Å². The van der Waals surface area contributed by atoms with Gasteiger partial charge in [0.2, 0.25) is 5.91 Å². The molecule has 1 aromatic heterocycles. The molecule has 27 heavy (non-hydrogen) atoms. The van der Waals surface area contributed by atoms with Crippen molar-refractivity contribution in [3.8, 4) is 11.3 Å². The van der Waals surface area contributed by atoms with Crippen molar-refractivity contribution < 1.29 is 9.21 Å². The number of nitrogens with zero attached hydrogens (tertiary/aromatic N) is 2. The first kappa shape index (κ1) is 18.7. The summed E-state index contributed by atoms with van der Waals surface area (Å²) in [4.78, 5) is 18.4. The Hall–Kier alpha value is -3.08. The molecule has 0 fully saturated rings. The van der Waals surface area contributed by atoms with E-state index in [9.17, 15) is 4.79 Å². The van der Waals surface area contributed by atoms with Gasteiger partial charge in [-0.15, -0.1) is 0 Å². The number of hydrogen-bond acceptors (Lipinski definition) is 4. The number of oxazole rings is 1. The van der Waals surface area contributed by atoms with Gasteiger partial charge in [-0.3, -0.25) is 4.79 Å². The van der Waals surface area contributed by atoms with Gasteiger partial charge in [-0.1, -0.05) is 42.5 Å². The molecule has 5 nitrogen and oxygen atoms in total. The predicted molar refractivity (Wildman–Crippen MR) is 107 cm³/mol. The molecule has 0 radical (unpaired) electrons. The topological polar surface area (TPSA) is 58.4 Å². The first-order valence-electron chi connectivity index (χ1n) is 9.15. The Morgan fingerprint density at radius 1 is 1.07 bits per heavy atom. The molecule has 0 aliphatic rings. The number of aryl methyl sites for hydroxylation is 1. The van der Waals surface area contributed by atoms with Gasteiger partial charge in [0.1, 0.15) is 0 Å². The van der Waals surface area contributed by atoms with Crippen LogP contribution in [0.4, 0.5) is 5.69 Å². The molecule has 0 aliphatic heterocycles. The fourth-order valence-electron chi connectivity index (χ4n) is 2.76. The molecular formula is C22H25N3O2. The van der Waals surface area contributed by atoms with Crippen molar-refractivity contribution in [3.63, 3.8) is 0 Å².